The normalized spacial score (nSPS) is 25.4. The smallest absolute Gasteiger partial charge is 0.125 e. The Hall–Kier alpha value is -1.05. The van der Waals surface area contributed by atoms with E-state index in [4.69, 9.17) is 0 Å². The quantitative estimate of drug-likeness (QED) is 0.838. The maximum Gasteiger partial charge on any atom is 0.125 e. The summed E-state index contributed by atoms with van der Waals surface area (Å²) in [4.78, 5) is 4.37. The fourth-order valence-corrected chi connectivity index (χ4v) is 2.57. The predicted molar refractivity (Wildman–Crippen MR) is 68.6 cm³/mol. The summed E-state index contributed by atoms with van der Waals surface area (Å²) < 4.78 is 0. The Labute approximate surface area is 98.5 Å². The van der Waals surface area contributed by atoms with Crippen molar-refractivity contribution in [3.8, 4) is 0 Å². The van der Waals surface area contributed by atoms with Gasteiger partial charge in [0.1, 0.15) is 5.82 Å². The number of anilines is 1. The van der Waals surface area contributed by atoms with Gasteiger partial charge in [-0.15, -0.1) is 0 Å². The molecule has 1 aromatic heterocycles. The number of aryl methyl sites for hydroxylation is 1. The van der Waals surface area contributed by atoms with E-state index in [1.54, 1.807) is 0 Å². The molecule has 0 radical (unpaired) electrons. The van der Waals surface area contributed by atoms with E-state index in [0.29, 0.717) is 0 Å². The van der Waals surface area contributed by atoms with E-state index in [9.17, 15) is 0 Å². The molecule has 2 nitrogen and oxygen atoms in total. The summed E-state index contributed by atoms with van der Waals surface area (Å²) in [5, 5.41) is 3.45. The fraction of sp³-hybridized carbons (Fsp3) is 0.643. The molecule has 0 amide bonds. The topological polar surface area (TPSA) is 24.9 Å². The summed E-state index contributed by atoms with van der Waals surface area (Å²) in [5.41, 5.74) is 1.22. The van der Waals surface area contributed by atoms with Gasteiger partial charge in [0.15, 0.2) is 0 Å². The average Bonchev–Trinajstić information content (AvgIpc) is 2.28. The number of nitrogens with one attached hydrogen (secondary N) is 1. The largest absolute Gasteiger partial charge is 0.370 e. The third-order valence-corrected chi connectivity index (χ3v) is 3.53. The van der Waals surface area contributed by atoms with Crippen molar-refractivity contribution < 1.29 is 0 Å². The fourth-order valence-electron chi connectivity index (χ4n) is 2.57. The molecule has 0 aliphatic heterocycles. The molecule has 1 saturated carbocycles. The number of hydrogen-bond donors (Lipinski definition) is 1. The lowest BCUT2D eigenvalue weighted by Crippen LogP contribution is -2.21. The Kier molecular flexibility index (Phi) is 3.81. The molecule has 16 heavy (non-hydrogen) atoms. The van der Waals surface area contributed by atoms with Crippen LogP contribution in [0.5, 0.6) is 0 Å². The van der Waals surface area contributed by atoms with E-state index in [1.807, 2.05) is 6.20 Å². The molecule has 1 fully saturated rings. The third-order valence-electron chi connectivity index (χ3n) is 3.53. The van der Waals surface area contributed by atoms with Gasteiger partial charge in [-0.05, 0) is 43.2 Å². The molecule has 0 spiro atoms. The van der Waals surface area contributed by atoms with Crippen molar-refractivity contribution in [1.82, 2.24) is 4.98 Å². The SMILES string of the molecule is Cc1ccc(NCC2CCCC(C)C2)nc1. The van der Waals surface area contributed by atoms with E-state index in [1.165, 1.54) is 31.2 Å². The first-order valence-electron chi connectivity index (χ1n) is 6.40. The van der Waals surface area contributed by atoms with Crippen LogP contribution in [0.4, 0.5) is 5.82 Å². The Balaban J connectivity index is 1.80. The molecule has 2 rings (SSSR count). The van der Waals surface area contributed by atoms with Crippen LogP contribution in [0, 0.1) is 18.8 Å². The van der Waals surface area contributed by atoms with Gasteiger partial charge in [0.25, 0.3) is 0 Å². The summed E-state index contributed by atoms with van der Waals surface area (Å²) in [6.07, 6.45) is 7.49. The van der Waals surface area contributed by atoms with Crippen LogP contribution >= 0.6 is 0 Å². The Morgan fingerprint density at radius 1 is 1.38 bits per heavy atom. The van der Waals surface area contributed by atoms with Crippen molar-refractivity contribution in [1.29, 1.82) is 0 Å². The van der Waals surface area contributed by atoms with E-state index in [-0.39, 0.29) is 0 Å². The summed E-state index contributed by atoms with van der Waals surface area (Å²) in [6, 6.07) is 4.18. The first-order valence-corrected chi connectivity index (χ1v) is 6.40. The van der Waals surface area contributed by atoms with E-state index >= 15 is 0 Å². The lowest BCUT2D eigenvalue weighted by molar-refractivity contribution is 0.293. The summed E-state index contributed by atoms with van der Waals surface area (Å²) in [5.74, 6) is 2.77. The van der Waals surface area contributed by atoms with Gasteiger partial charge in [-0.1, -0.05) is 25.8 Å². The zero-order chi connectivity index (χ0) is 11.4. The summed E-state index contributed by atoms with van der Waals surface area (Å²) in [6.45, 7) is 5.52. The van der Waals surface area contributed by atoms with Gasteiger partial charge in [0.2, 0.25) is 0 Å². The Morgan fingerprint density at radius 2 is 2.25 bits per heavy atom. The lowest BCUT2D eigenvalue weighted by Gasteiger charge is -2.26. The minimum Gasteiger partial charge on any atom is -0.370 e. The summed E-state index contributed by atoms with van der Waals surface area (Å²) >= 11 is 0. The van der Waals surface area contributed by atoms with Crippen LogP contribution in [-0.2, 0) is 0 Å². The number of aromatic nitrogens is 1. The second-order valence-electron chi connectivity index (χ2n) is 5.24. The second-order valence-corrected chi connectivity index (χ2v) is 5.24. The first-order chi connectivity index (χ1) is 7.74. The van der Waals surface area contributed by atoms with Crippen LogP contribution in [0.25, 0.3) is 0 Å². The highest BCUT2D eigenvalue weighted by atomic mass is 15.0. The molecule has 1 aromatic rings. The molecule has 88 valence electrons. The molecule has 1 N–H and O–H groups in total. The van der Waals surface area contributed by atoms with Gasteiger partial charge in [-0.2, -0.15) is 0 Å². The van der Waals surface area contributed by atoms with Crippen LogP contribution < -0.4 is 5.32 Å². The number of hydrogen-bond acceptors (Lipinski definition) is 2. The van der Waals surface area contributed by atoms with Crippen LogP contribution in [0.2, 0.25) is 0 Å². The highest BCUT2D eigenvalue weighted by Crippen LogP contribution is 2.28. The highest BCUT2D eigenvalue weighted by Gasteiger charge is 2.18. The maximum atomic E-state index is 4.37. The van der Waals surface area contributed by atoms with Crippen LogP contribution in [0.1, 0.15) is 38.2 Å². The molecule has 2 atom stereocenters. The van der Waals surface area contributed by atoms with Crippen molar-refractivity contribution >= 4 is 5.82 Å². The number of pyridine rings is 1. The second kappa shape index (κ2) is 5.33. The molecule has 0 bridgehead atoms. The molecule has 0 saturated heterocycles. The van der Waals surface area contributed by atoms with Crippen molar-refractivity contribution in [3.05, 3.63) is 23.9 Å². The van der Waals surface area contributed by atoms with Crippen molar-refractivity contribution in [2.45, 2.75) is 39.5 Å². The molecule has 1 heterocycles. The van der Waals surface area contributed by atoms with E-state index in [2.05, 4.69) is 36.3 Å². The molecule has 0 aromatic carbocycles. The van der Waals surface area contributed by atoms with E-state index < -0.39 is 0 Å². The van der Waals surface area contributed by atoms with Gasteiger partial charge in [0, 0.05) is 12.7 Å². The Bertz CT molecular complexity index is 318. The van der Waals surface area contributed by atoms with Crippen LogP contribution in [-0.4, -0.2) is 11.5 Å². The first kappa shape index (κ1) is 11.4. The van der Waals surface area contributed by atoms with Gasteiger partial charge >= 0.3 is 0 Å². The minimum absolute atomic E-state index is 0.840. The standard InChI is InChI=1S/C14H22N2/c1-11-4-3-5-13(8-11)10-16-14-7-6-12(2)9-15-14/h6-7,9,11,13H,3-5,8,10H2,1-2H3,(H,15,16). The molecular weight excluding hydrogens is 196 g/mol. The van der Waals surface area contributed by atoms with E-state index in [0.717, 1.165) is 24.2 Å². The molecule has 1 aliphatic rings. The molecular formula is C14H22N2. The lowest BCUT2D eigenvalue weighted by atomic mass is 9.82. The minimum atomic E-state index is 0.840. The average molecular weight is 218 g/mol. The zero-order valence-corrected chi connectivity index (χ0v) is 10.4. The predicted octanol–water partition coefficient (Wildman–Crippen LogP) is 3.63. The van der Waals surface area contributed by atoms with Gasteiger partial charge in [-0.3, -0.25) is 0 Å². The highest BCUT2D eigenvalue weighted by molar-refractivity contribution is 5.35. The number of nitrogens with zero attached hydrogens (tertiary/aromatic N) is 1. The van der Waals surface area contributed by atoms with Crippen molar-refractivity contribution in [3.63, 3.8) is 0 Å². The maximum absolute atomic E-state index is 4.37. The number of rotatable bonds is 3. The van der Waals surface area contributed by atoms with Crippen LogP contribution in [0.15, 0.2) is 18.3 Å². The Morgan fingerprint density at radius 3 is 2.94 bits per heavy atom. The molecule has 1 aliphatic carbocycles. The van der Waals surface area contributed by atoms with Crippen molar-refractivity contribution in [2.75, 3.05) is 11.9 Å². The monoisotopic (exact) mass is 218 g/mol. The molecule has 2 unspecified atom stereocenters. The third kappa shape index (κ3) is 3.22. The van der Waals surface area contributed by atoms with Gasteiger partial charge < -0.3 is 5.32 Å². The summed E-state index contributed by atoms with van der Waals surface area (Å²) in [7, 11) is 0. The van der Waals surface area contributed by atoms with Crippen molar-refractivity contribution in [2.24, 2.45) is 11.8 Å². The molecule has 2 heteroatoms. The zero-order valence-electron chi connectivity index (χ0n) is 10.4. The van der Waals surface area contributed by atoms with Crippen LogP contribution in [0.3, 0.4) is 0 Å². The van der Waals surface area contributed by atoms with Gasteiger partial charge in [-0.25, -0.2) is 4.98 Å². The van der Waals surface area contributed by atoms with Gasteiger partial charge in [0.05, 0.1) is 0 Å².